The van der Waals surface area contributed by atoms with Crippen LogP contribution >= 0.6 is 0 Å². The van der Waals surface area contributed by atoms with E-state index in [0.717, 1.165) is 94.7 Å². The number of benzene rings is 2. The van der Waals surface area contributed by atoms with Crippen molar-refractivity contribution >= 4 is 52.5 Å². The molecule has 1 saturated carbocycles. The third-order valence-corrected chi connectivity index (χ3v) is 13.2. The van der Waals surface area contributed by atoms with Crippen LogP contribution in [0.25, 0.3) is 0 Å². The van der Waals surface area contributed by atoms with Crippen LogP contribution in [0.5, 0.6) is 5.75 Å². The number of likely N-dealkylation sites (tertiary alicyclic amines) is 1. The molecule has 2 atom stereocenters. The lowest BCUT2D eigenvalue weighted by molar-refractivity contribution is -0.134. The minimum absolute atomic E-state index is 0.0433. The fraction of sp³-hybridized carbons (Fsp3) is 0.545. The number of hydrogen-bond donors (Lipinski definition) is 4. The highest BCUT2D eigenvalue weighted by molar-refractivity contribution is 6.04. The number of rotatable bonds is 12. The molecule has 59 heavy (non-hydrogen) atoms. The molecule has 4 fully saturated rings. The molecule has 0 spiro atoms. The van der Waals surface area contributed by atoms with Crippen LogP contribution in [0.1, 0.15) is 99.4 Å². The number of amides is 4. The van der Waals surface area contributed by atoms with E-state index in [1.807, 2.05) is 42.3 Å². The fourth-order valence-electron chi connectivity index (χ4n) is 9.71. The van der Waals surface area contributed by atoms with E-state index in [2.05, 4.69) is 36.2 Å². The molecule has 0 bridgehead atoms. The van der Waals surface area contributed by atoms with Gasteiger partial charge in [0.2, 0.25) is 23.7 Å². The summed E-state index contributed by atoms with van der Waals surface area (Å²) in [7, 11) is 3.36. The van der Waals surface area contributed by atoms with E-state index < -0.39 is 0 Å². The molecule has 15 heteroatoms. The number of hydrogen-bond acceptors (Lipinski definition) is 12. The number of aromatic nitrogens is 2. The summed E-state index contributed by atoms with van der Waals surface area (Å²) < 4.78 is 5.72. The smallest absolute Gasteiger partial charge is 0.265 e. The van der Waals surface area contributed by atoms with E-state index in [0.29, 0.717) is 53.4 Å². The van der Waals surface area contributed by atoms with E-state index in [1.54, 1.807) is 37.4 Å². The number of imide groups is 1. The highest BCUT2D eigenvalue weighted by Gasteiger charge is 2.40. The van der Waals surface area contributed by atoms with Crippen LogP contribution in [-0.2, 0) is 14.4 Å². The van der Waals surface area contributed by atoms with Gasteiger partial charge >= 0.3 is 0 Å². The number of anilines is 5. The van der Waals surface area contributed by atoms with Gasteiger partial charge in [-0.2, -0.15) is 4.98 Å². The van der Waals surface area contributed by atoms with Gasteiger partial charge in [-0.15, -0.1) is 0 Å². The summed E-state index contributed by atoms with van der Waals surface area (Å²) in [5.74, 6) is 1.57. The monoisotopic (exact) mass is 806 g/mol. The summed E-state index contributed by atoms with van der Waals surface area (Å²) in [6.45, 7) is 6.67. The Morgan fingerprint density at radius 3 is 2.37 bits per heavy atom. The Morgan fingerprint density at radius 1 is 0.915 bits per heavy atom. The van der Waals surface area contributed by atoms with Gasteiger partial charge < -0.3 is 30.1 Å². The molecule has 0 radical (unpaired) electrons. The molecule has 4 aliphatic heterocycles. The van der Waals surface area contributed by atoms with Gasteiger partial charge in [0.05, 0.1) is 24.9 Å². The molecule has 3 aromatic rings. The number of carbonyl (C=O) groups is 4. The topological polar surface area (TPSA) is 164 Å². The first kappa shape index (κ1) is 40.5. The Morgan fingerprint density at radius 2 is 1.66 bits per heavy atom. The van der Waals surface area contributed by atoms with Crippen LogP contribution in [0.2, 0.25) is 0 Å². The molecule has 5 aliphatic rings. The second-order valence-corrected chi connectivity index (χ2v) is 16.8. The highest BCUT2D eigenvalue weighted by Crippen LogP contribution is 2.40. The van der Waals surface area contributed by atoms with Gasteiger partial charge in [0.25, 0.3) is 5.91 Å². The van der Waals surface area contributed by atoms with Crippen LogP contribution in [0.15, 0.2) is 48.7 Å². The number of nitrogens with one attached hydrogen (secondary N) is 4. The molecule has 1 unspecified atom stereocenters. The molecule has 4 amide bonds. The van der Waals surface area contributed by atoms with Crippen molar-refractivity contribution in [3.63, 3.8) is 0 Å². The van der Waals surface area contributed by atoms with Crippen molar-refractivity contribution in [2.45, 2.75) is 102 Å². The number of hydrazine groups is 1. The predicted molar refractivity (Wildman–Crippen MR) is 227 cm³/mol. The maximum atomic E-state index is 13.4. The summed E-state index contributed by atoms with van der Waals surface area (Å²) in [5.41, 5.74) is 6.98. The molecule has 5 heterocycles. The number of likely N-dealkylation sites (N-methyl/N-ethyl adjacent to an activating group) is 1. The molecule has 1 aromatic heterocycles. The first-order valence-corrected chi connectivity index (χ1v) is 21.5. The quantitative estimate of drug-likeness (QED) is 0.178. The van der Waals surface area contributed by atoms with Crippen molar-refractivity contribution in [1.82, 2.24) is 30.6 Å². The van der Waals surface area contributed by atoms with E-state index in [1.165, 1.54) is 12.8 Å². The summed E-state index contributed by atoms with van der Waals surface area (Å²) >= 11 is 0. The van der Waals surface area contributed by atoms with Gasteiger partial charge in [-0.3, -0.25) is 29.9 Å². The molecule has 3 saturated heterocycles. The zero-order valence-corrected chi connectivity index (χ0v) is 34.5. The molecule has 1 aliphatic carbocycles. The molecule has 2 aromatic carbocycles. The molecular weight excluding hydrogens is 749 g/mol. The maximum absolute atomic E-state index is 13.4. The lowest BCUT2D eigenvalue weighted by Gasteiger charge is -2.42. The summed E-state index contributed by atoms with van der Waals surface area (Å²) in [6, 6.07) is 13.9. The summed E-state index contributed by atoms with van der Waals surface area (Å²) in [5, 5.41) is 11.3. The molecule has 15 nitrogen and oxygen atoms in total. The van der Waals surface area contributed by atoms with E-state index in [9.17, 15) is 19.2 Å². The molecule has 8 rings (SSSR count). The van der Waals surface area contributed by atoms with Gasteiger partial charge in [-0.25, -0.2) is 9.99 Å². The fourth-order valence-corrected chi connectivity index (χ4v) is 9.71. The van der Waals surface area contributed by atoms with Gasteiger partial charge in [0.1, 0.15) is 17.5 Å². The van der Waals surface area contributed by atoms with Crippen molar-refractivity contribution in [3.8, 4) is 5.75 Å². The Balaban J connectivity index is 0.776. The van der Waals surface area contributed by atoms with E-state index in [-0.39, 0.29) is 41.6 Å². The zero-order valence-electron chi connectivity index (χ0n) is 34.5. The van der Waals surface area contributed by atoms with Gasteiger partial charge in [0, 0.05) is 56.4 Å². The van der Waals surface area contributed by atoms with Crippen molar-refractivity contribution < 1.29 is 23.9 Å². The minimum Gasteiger partial charge on any atom is -0.495 e. The molecule has 314 valence electrons. The third-order valence-electron chi connectivity index (χ3n) is 13.2. The Bertz CT molecular complexity index is 2010. The third kappa shape index (κ3) is 9.01. The minimum atomic E-state index is -0.303. The lowest BCUT2D eigenvalue weighted by atomic mass is 9.90. The van der Waals surface area contributed by atoms with Crippen LogP contribution < -0.4 is 35.9 Å². The van der Waals surface area contributed by atoms with Gasteiger partial charge in [0.15, 0.2) is 5.82 Å². The van der Waals surface area contributed by atoms with Gasteiger partial charge in [-0.1, -0.05) is 25.0 Å². The number of nitrogens with zero attached hydrogens (tertiary/aromatic N) is 6. The average molecular weight is 807 g/mol. The summed E-state index contributed by atoms with van der Waals surface area (Å²) in [4.78, 5) is 66.1. The predicted octanol–water partition coefficient (Wildman–Crippen LogP) is 5.19. The SMILES string of the molecule is COc1cc(C(=O)NN2CCC(N3CCC(CCNc4ccc(C5CCC(=O)NC5=O)cc4)CC3)CC2)ccc1Nc1ncc2c(n1)N(C1CCCC1)[C@H](C)C(=O)N2C. The lowest BCUT2D eigenvalue weighted by Crippen LogP contribution is -2.54. The molecular formula is C44H58N10O5. The first-order valence-electron chi connectivity index (χ1n) is 21.5. The maximum Gasteiger partial charge on any atom is 0.265 e. The van der Waals surface area contributed by atoms with Crippen molar-refractivity contribution in [2.24, 2.45) is 5.92 Å². The Labute approximate surface area is 346 Å². The van der Waals surface area contributed by atoms with Crippen LogP contribution in [0.3, 0.4) is 0 Å². The van der Waals surface area contributed by atoms with Crippen molar-refractivity contribution in [1.29, 1.82) is 0 Å². The van der Waals surface area contributed by atoms with E-state index >= 15 is 0 Å². The van der Waals surface area contributed by atoms with E-state index in [4.69, 9.17) is 9.72 Å². The van der Waals surface area contributed by atoms with Gasteiger partial charge in [-0.05, 0) is 113 Å². The second-order valence-electron chi connectivity index (χ2n) is 16.8. The normalized spacial score (nSPS) is 22.6. The number of fused-ring (bicyclic) bond motifs is 1. The summed E-state index contributed by atoms with van der Waals surface area (Å²) in [6.07, 6.45) is 12.5. The molecule has 4 N–H and O–H groups in total. The number of piperidine rings is 3. The first-order chi connectivity index (χ1) is 28.6. The Kier molecular flexibility index (Phi) is 12.3. The highest BCUT2D eigenvalue weighted by atomic mass is 16.5. The second kappa shape index (κ2) is 17.9. The van der Waals surface area contributed by atoms with Crippen molar-refractivity contribution in [2.75, 3.05) is 67.3 Å². The van der Waals surface area contributed by atoms with Crippen LogP contribution in [0.4, 0.5) is 28.8 Å². The standard InChI is InChI=1S/C44H58N10O5/c1-28-43(58)51(2)37-27-46-44(49-40(37)54(28)34-6-4-5-7-34)47-36-14-10-31(26-38(36)59-3)41(56)50-53-24-19-33(20-25-53)52-22-17-29(18-23-52)16-21-45-32-11-8-30(9-12-32)35-13-15-39(55)48-42(35)57/h8-12,14,26-29,33-35,45H,4-7,13,15-25H2,1-3H3,(H,50,56)(H,46,47,49)(H,48,55,57)/t28-,35?/m1/s1. The number of methoxy groups -OCH3 is 1. The van der Waals surface area contributed by atoms with Crippen molar-refractivity contribution in [3.05, 3.63) is 59.8 Å². The average Bonchev–Trinajstić information content (AvgIpc) is 3.79. The zero-order chi connectivity index (χ0) is 41.0. The van der Waals surface area contributed by atoms with Crippen LogP contribution in [-0.4, -0.2) is 109 Å². The number of ether oxygens (including phenoxy) is 1. The Hall–Kier alpha value is -5.28. The largest absolute Gasteiger partial charge is 0.495 e. The number of carbonyl (C=O) groups excluding carboxylic acids is 4. The van der Waals surface area contributed by atoms with Crippen LogP contribution in [0, 0.1) is 5.92 Å².